The van der Waals surface area contributed by atoms with Gasteiger partial charge in [-0.15, -0.1) is 0 Å². The van der Waals surface area contributed by atoms with Crippen molar-refractivity contribution in [3.63, 3.8) is 0 Å². The Morgan fingerprint density at radius 1 is 0.881 bits per heavy atom. The fourth-order valence-corrected chi connectivity index (χ4v) is 4.46. The SMILES string of the molecule is CN(CCN(C)Cc1ccc(OCc2ccccc2)cc1)CC(=O)N/N=C/c1cc(C(C)(C)C)cc(C(C)(C)C)c1O. The van der Waals surface area contributed by atoms with Crippen LogP contribution in [0.1, 0.15) is 69.4 Å². The first-order valence-electron chi connectivity index (χ1n) is 14.5. The Morgan fingerprint density at radius 2 is 1.52 bits per heavy atom. The van der Waals surface area contributed by atoms with Gasteiger partial charge in [-0.1, -0.05) is 90.1 Å². The minimum Gasteiger partial charge on any atom is -0.507 e. The van der Waals surface area contributed by atoms with Gasteiger partial charge >= 0.3 is 0 Å². The van der Waals surface area contributed by atoms with Gasteiger partial charge in [-0.25, -0.2) is 5.43 Å². The first-order chi connectivity index (χ1) is 19.7. The maximum atomic E-state index is 12.5. The molecule has 0 aliphatic rings. The highest BCUT2D eigenvalue weighted by molar-refractivity contribution is 5.86. The summed E-state index contributed by atoms with van der Waals surface area (Å²) in [6.07, 6.45) is 1.53. The molecule has 0 heterocycles. The van der Waals surface area contributed by atoms with Gasteiger partial charge in [0.1, 0.15) is 18.1 Å². The number of amides is 1. The van der Waals surface area contributed by atoms with E-state index in [4.69, 9.17) is 4.74 Å². The van der Waals surface area contributed by atoms with Crippen LogP contribution in [0.5, 0.6) is 11.5 Å². The second-order valence-electron chi connectivity index (χ2n) is 13.1. The minimum absolute atomic E-state index is 0.0875. The van der Waals surface area contributed by atoms with Gasteiger partial charge in [0, 0.05) is 30.8 Å². The normalized spacial score (nSPS) is 12.3. The van der Waals surface area contributed by atoms with Gasteiger partial charge in [-0.3, -0.25) is 9.69 Å². The molecule has 2 N–H and O–H groups in total. The smallest absolute Gasteiger partial charge is 0.254 e. The van der Waals surface area contributed by atoms with Crippen LogP contribution in [0.3, 0.4) is 0 Å². The Kier molecular flexibility index (Phi) is 11.3. The number of phenolic OH excluding ortho intramolecular Hbond substituents is 1. The van der Waals surface area contributed by atoms with Crippen molar-refractivity contribution in [2.75, 3.05) is 33.7 Å². The van der Waals surface area contributed by atoms with E-state index in [0.717, 1.165) is 42.1 Å². The number of likely N-dealkylation sites (N-methyl/N-ethyl adjacent to an activating group) is 2. The number of carbonyl (C=O) groups excluding carboxylic acids is 1. The Balaban J connectivity index is 1.45. The summed E-state index contributed by atoms with van der Waals surface area (Å²) in [5, 5.41) is 15.1. The van der Waals surface area contributed by atoms with E-state index >= 15 is 0 Å². The second kappa shape index (κ2) is 14.5. The summed E-state index contributed by atoms with van der Waals surface area (Å²) in [4.78, 5) is 16.7. The molecule has 0 atom stereocenters. The molecule has 0 radical (unpaired) electrons. The fourth-order valence-electron chi connectivity index (χ4n) is 4.46. The number of rotatable bonds is 12. The number of benzene rings is 3. The number of nitrogens with zero attached hydrogens (tertiary/aromatic N) is 3. The molecule has 3 rings (SSSR count). The van der Waals surface area contributed by atoms with Crippen LogP contribution in [-0.2, 0) is 28.8 Å². The van der Waals surface area contributed by atoms with Crippen molar-refractivity contribution in [1.82, 2.24) is 15.2 Å². The van der Waals surface area contributed by atoms with Crippen molar-refractivity contribution in [3.8, 4) is 11.5 Å². The molecule has 0 fully saturated rings. The molecule has 3 aromatic rings. The molecule has 0 aromatic heterocycles. The number of phenols is 1. The van der Waals surface area contributed by atoms with E-state index in [2.05, 4.69) is 94.3 Å². The quantitative estimate of drug-likeness (QED) is 0.203. The van der Waals surface area contributed by atoms with Crippen LogP contribution in [0.2, 0.25) is 0 Å². The molecule has 0 aliphatic carbocycles. The van der Waals surface area contributed by atoms with E-state index in [0.29, 0.717) is 12.2 Å². The maximum absolute atomic E-state index is 12.5. The molecule has 0 spiro atoms. The van der Waals surface area contributed by atoms with E-state index in [1.807, 2.05) is 48.3 Å². The summed E-state index contributed by atoms with van der Waals surface area (Å²) >= 11 is 0. The van der Waals surface area contributed by atoms with Crippen molar-refractivity contribution in [1.29, 1.82) is 0 Å². The molecule has 3 aromatic carbocycles. The molecule has 226 valence electrons. The van der Waals surface area contributed by atoms with Gasteiger partial charge in [0.05, 0.1) is 12.8 Å². The first-order valence-corrected chi connectivity index (χ1v) is 14.5. The van der Waals surface area contributed by atoms with E-state index in [1.54, 1.807) is 0 Å². The summed E-state index contributed by atoms with van der Waals surface area (Å²) in [7, 11) is 3.99. The van der Waals surface area contributed by atoms with E-state index in [9.17, 15) is 9.90 Å². The molecule has 0 bridgehead atoms. The lowest BCUT2D eigenvalue weighted by Crippen LogP contribution is -2.37. The van der Waals surface area contributed by atoms with E-state index in [1.165, 1.54) is 11.8 Å². The lowest BCUT2D eigenvalue weighted by atomic mass is 9.79. The third-order valence-corrected chi connectivity index (χ3v) is 7.11. The van der Waals surface area contributed by atoms with Crippen LogP contribution in [0.25, 0.3) is 0 Å². The third-order valence-electron chi connectivity index (χ3n) is 7.11. The average molecular weight is 573 g/mol. The number of carbonyl (C=O) groups is 1. The Bertz CT molecular complexity index is 1320. The summed E-state index contributed by atoms with van der Waals surface area (Å²) in [5.74, 6) is 0.846. The number of hydrogen-bond donors (Lipinski definition) is 2. The molecule has 1 amide bonds. The van der Waals surface area contributed by atoms with Crippen molar-refractivity contribution < 1.29 is 14.6 Å². The molecular formula is C35H48N4O3. The van der Waals surface area contributed by atoms with Gasteiger partial charge in [0.15, 0.2) is 0 Å². The fraction of sp³-hybridized carbons (Fsp3) is 0.429. The Labute approximate surface area is 252 Å². The standard InChI is InChI=1S/C35H48N4O3/c1-34(2,3)29-20-28(33(41)31(21-29)35(4,5)6)22-36-37-32(40)24-39(8)19-18-38(7)23-26-14-16-30(17-15-26)42-25-27-12-10-9-11-13-27/h9-17,20-22,41H,18-19,23-25H2,1-8H3,(H,37,40)/b36-22+. The molecule has 7 nitrogen and oxygen atoms in total. The largest absolute Gasteiger partial charge is 0.507 e. The van der Waals surface area contributed by atoms with Crippen LogP contribution in [0, 0.1) is 0 Å². The van der Waals surface area contributed by atoms with Gasteiger partial charge in [-0.2, -0.15) is 5.10 Å². The summed E-state index contributed by atoms with van der Waals surface area (Å²) in [5.41, 5.74) is 7.20. The number of hydrazone groups is 1. The monoisotopic (exact) mass is 572 g/mol. The first kappa shape index (κ1) is 32.8. The molecule has 42 heavy (non-hydrogen) atoms. The average Bonchev–Trinajstić information content (AvgIpc) is 2.91. The molecule has 0 saturated carbocycles. The maximum Gasteiger partial charge on any atom is 0.254 e. The highest BCUT2D eigenvalue weighted by Crippen LogP contribution is 2.37. The zero-order valence-corrected chi connectivity index (χ0v) is 26.6. The zero-order valence-electron chi connectivity index (χ0n) is 26.6. The predicted molar refractivity (Wildman–Crippen MR) is 172 cm³/mol. The van der Waals surface area contributed by atoms with E-state index in [-0.39, 0.29) is 29.0 Å². The van der Waals surface area contributed by atoms with Gasteiger partial charge in [0.2, 0.25) is 0 Å². The summed E-state index contributed by atoms with van der Waals surface area (Å²) < 4.78 is 5.88. The highest BCUT2D eigenvalue weighted by Gasteiger charge is 2.24. The lowest BCUT2D eigenvalue weighted by Gasteiger charge is -2.26. The molecule has 0 unspecified atom stereocenters. The topological polar surface area (TPSA) is 77.4 Å². The molecule has 7 heteroatoms. The molecule has 0 aliphatic heterocycles. The number of hydrogen-bond acceptors (Lipinski definition) is 6. The van der Waals surface area contributed by atoms with Crippen molar-refractivity contribution in [3.05, 3.63) is 94.5 Å². The van der Waals surface area contributed by atoms with Gasteiger partial charge < -0.3 is 14.7 Å². The minimum atomic E-state index is -0.229. The molecular weight excluding hydrogens is 524 g/mol. The Morgan fingerprint density at radius 3 is 2.14 bits per heavy atom. The molecule has 0 saturated heterocycles. The summed E-state index contributed by atoms with van der Waals surface area (Å²) in [6, 6.07) is 22.3. The van der Waals surface area contributed by atoms with Crippen LogP contribution in [0.15, 0.2) is 71.8 Å². The Hall–Kier alpha value is -3.68. The zero-order chi connectivity index (χ0) is 30.9. The number of nitrogens with one attached hydrogen (secondary N) is 1. The van der Waals surface area contributed by atoms with Crippen LogP contribution >= 0.6 is 0 Å². The second-order valence-corrected chi connectivity index (χ2v) is 13.1. The van der Waals surface area contributed by atoms with Crippen molar-refractivity contribution in [2.24, 2.45) is 5.10 Å². The van der Waals surface area contributed by atoms with Crippen LogP contribution in [-0.4, -0.2) is 60.8 Å². The third kappa shape index (κ3) is 10.3. The van der Waals surface area contributed by atoms with Crippen molar-refractivity contribution >= 4 is 12.1 Å². The van der Waals surface area contributed by atoms with Gasteiger partial charge in [-0.05, 0) is 59.8 Å². The van der Waals surface area contributed by atoms with Crippen LogP contribution < -0.4 is 10.2 Å². The lowest BCUT2D eigenvalue weighted by molar-refractivity contribution is -0.121. The number of ether oxygens (including phenoxy) is 1. The van der Waals surface area contributed by atoms with Crippen molar-refractivity contribution in [2.45, 2.75) is 65.5 Å². The number of aromatic hydroxyl groups is 1. The van der Waals surface area contributed by atoms with Gasteiger partial charge in [0.25, 0.3) is 5.91 Å². The summed E-state index contributed by atoms with van der Waals surface area (Å²) in [6.45, 7) is 15.8. The van der Waals surface area contributed by atoms with Crippen LogP contribution in [0.4, 0.5) is 0 Å². The predicted octanol–water partition coefficient (Wildman–Crippen LogP) is 6.08. The highest BCUT2D eigenvalue weighted by atomic mass is 16.5. The van der Waals surface area contributed by atoms with E-state index < -0.39 is 0 Å².